The Hall–Kier alpha value is -1.81. The smallest absolute Gasteiger partial charge is 0.427 e. The molecule has 0 aliphatic carbocycles. The van der Waals surface area contributed by atoms with Crippen LogP contribution in [0.15, 0.2) is 30.3 Å². The van der Waals surface area contributed by atoms with E-state index in [0.717, 1.165) is 12.0 Å². The van der Waals surface area contributed by atoms with Crippen molar-refractivity contribution in [1.29, 1.82) is 0 Å². The molecule has 1 aromatic heterocycles. The molecular formula is C15H24BN5O3. The van der Waals surface area contributed by atoms with Crippen LogP contribution in [0, 0.1) is 0 Å². The van der Waals surface area contributed by atoms with Crippen molar-refractivity contribution in [3.63, 3.8) is 0 Å². The number of aliphatic hydroxyl groups excluding tert-OH is 1. The topological polar surface area (TPSA) is 130 Å². The number of hydrogen-bond donors (Lipinski definition) is 4. The summed E-state index contributed by atoms with van der Waals surface area (Å²) in [6.45, 7) is 0.0164. The number of nitrogens with zero attached hydrogens (tertiary/aromatic N) is 4. The average molecular weight is 333 g/mol. The molecule has 1 aromatic carbocycles. The molecule has 0 amide bonds. The molecule has 2 atom stereocenters. The Labute approximate surface area is 141 Å². The molecule has 8 nitrogen and oxygen atoms in total. The van der Waals surface area contributed by atoms with Gasteiger partial charge in [-0.3, -0.25) is 0 Å². The van der Waals surface area contributed by atoms with Gasteiger partial charge >= 0.3 is 7.12 Å². The monoisotopic (exact) mass is 333 g/mol. The zero-order valence-electron chi connectivity index (χ0n) is 13.6. The van der Waals surface area contributed by atoms with E-state index in [9.17, 15) is 5.11 Å². The summed E-state index contributed by atoms with van der Waals surface area (Å²) in [5.74, 6) is 0.571. The Morgan fingerprint density at radius 3 is 2.54 bits per heavy atom. The normalized spacial score (nSPS) is 13.7. The Bertz CT molecular complexity index is 596. The van der Waals surface area contributed by atoms with Crippen molar-refractivity contribution in [1.82, 2.24) is 20.2 Å². The number of benzene rings is 1. The van der Waals surface area contributed by atoms with Crippen molar-refractivity contribution in [2.45, 2.75) is 44.1 Å². The highest BCUT2D eigenvalue weighted by Gasteiger charge is 2.22. The Kier molecular flexibility index (Phi) is 7.32. The molecule has 2 rings (SSSR count). The van der Waals surface area contributed by atoms with E-state index >= 15 is 0 Å². The van der Waals surface area contributed by atoms with Crippen LogP contribution in [0.25, 0.3) is 0 Å². The van der Waals surface area contributed by atoms with Crippen molar-refractivity contribution in [2.24, 2.45) is 5.73 Å². The van der Waals surface area contributed by atoms with E-state index in [-0.39, 0.29) is 18.7 Å². The van der Waals surface area contributed by atoms with Gasteiger partial charge in [-0.15, -0.1) is 5.10 Å². The van der Waals surface area contributed by atoms with Gasteiger partial charge in [-0.05, 0) is 35.2 Å². The van der Waals surface area contributed by atoms with Gasteiger partial charge in [0.2, 0.25) is 0 Å². The molecular weight excluding hydrogens is 309 g/mol. The third kappa shape index (κ3) is 5.10. The predicted octanol–water partition coefficient (Wildman–Crippen LogP) is 0.288. The van der Waals surface area contributed by atoms with E-state index in [0.29, 0.717) is 31.4 Å². The van der Waals surface area contributed by atoms with Gasteiger partial charge in [0.15, 0.2) is 5.82 Å². The minimum absolute atomic E-state index is 0.0164. The molecule has 0 radical (unpaired) electrons. The number of hydrogen-bond acceptors (Lipinski definition) is 7. The molecule has 0 spiro atoms. The molecule has 2 unspecified atom stereocenters. The van der Waals surface area contributed by atoms with Crippen LogP contribution in [0.1, 0.15) is 49.2 Å². The van der Waals surface area contributed by atoms with Crippen LogP contribution in [0.5, 0.6) is 0 Å². The van der Waals surface area contributed by atoms with Gasteiger partial charge in [0.1, 0.15) is 0 Å². The number of nitrogens with two attached hydrogens (primary N) is 1. The van der Waals surface area contributed by atoms with Crippen molar-refractivity contribution < 1.29 is 15.2 Å². The van der Waals surface area contributed by atoms with Crippen LogP contribution in [0.4, 0.5) is 0 Å². The molecule has 5 N–H and O–H groups in total. The number of unbranched alkanes of at least 4 members (excludes halogenated alkanes) is 1. The van der Waals surface area contributed by atoms with Crippen LogP contribution in [-0.2, 0) is 0 Å². The Morgan fingerprint density at radius 2 is 1.88 bits per heavy atom. The largest absolute Gasteiger partial charge is 0.451 e. The lowest BCUT2D eigenvalue weighted by Crippen LogP contribution is -2.22. The highest BCUT2D eigenvalue weighted by molar-refractivity contribution is 6.40. The lowest BCUT2D eigenvalue weighted by molar-refractivity contribution is 0.260. The highest BCUT2D eigenvalue weighted by atomic mass is 16.4. The first-order chi connectivity index (χ1) is 11.6. The van der Waals surface area contributed by atoms with Crippen molar-refractivity contribution >= 4 is 7.12 Å². The van der Waals surface area contributed by atoms with E-state index in [1.807, 2.05) is 30.3 Å². The summed E-state index contributed by atoms with van der Waals surface area (Å²) in [7, 11) is -1.28. The average Bonchev–Trinajstić information content (AvgIpc) is 3.06. The van der Waals surface area contributed by atoms with Crippen molar-refractivity contribution in [3.8, 4) is 0 Å². The second kappa shape index (κ2) is 9.48. The summed E-state index contributed by atoms with van der Waals surface area (Å²) < 4.78 is 1.68. The first-order valence-corrected chi connectivity index (χ1v) is 8.18. The fourth-order valence-corrected chi connectivity index (χ4v) is 2.71. The van der Waals surface area contributed by atoms with Crippen molar-refractivity contribution in [3.05, 3.63) is 41.7 Å². The molecule has 0 bridgehead atoms. The summed E-state index contributed by atoms with van der Waals surface area (Å²) >= 11 is 0. The molecule has 2 aromatic rings. The summed E-state index contributed by atoms with van der Waals surface area (Å²) in [5.41, 5.74) is 7.23. The lowest BCUT2D eigenvalue weighted by atomic mass is 9.83. The standard InChI is InChI=1S/C15H24BN5O3/c17-13(8-4-5-10-16(23)24)15-18-19-20-21(15)14(9-11-22)12-6-2-1-3-7-12/h1-3,6-7,13-14,22-24H,4-5,8-11,17H2. The molecule has 0 saturated carbocycles. The first kappa shape index (κ1) is 18.5. The van der Waals surface area contributed by atoms with Crippen LogP contribution >= 0.6 is 0 Å². The zero-order valence-corrected chi connectivity index (χ0v) is 13.6. The maximum absolute atomic E-state index is 9.39. The SMILES string of the molecule is NC(CCCCB(O)O)c1nnnn1C(CCO)c1ccccc1. The summed E-state index contributed by atoms with van der Waals surface area (Å²) in [6, 6.07) is 9.22. The van der Waals surface area contributed by atoms with Gasteiger partial charge < -0.3 is 20.9 Å². The van der Waals surface area contributed by atoms with Gasteiger partial charge in [-0.2, -0.15) is 0 Å². The van der Waals surface area contributed by atoms with E-state index in [1.54, 1.807) is 4.68 Å². The number of aromatic nitrogens is 4. The van der Waals surface area contributed by atoms with Crippen molar-refractivity contribution in [2.75, 3.05) is 6.61 Å². The Morgan fingerprint density at radius 1 is 1.12 bits per heavy atom. The summed E-state index contributed by atoms with van der Waals surface area (Å²) in [5, 5.41) is 39.0. The molecule has 24 heavy (non-hydrogen) atoms. The second-order valence-corrected chi connectivity index (χ2v) is 5.79. The molecule has 130 valence electrons. The quantitative estimate of drug-likeness (QED) is 0.363. The molecule has 0 fully saturated rings. The molecule has 1 heterocycles. The summed E-state index contributed by atoms with van der Waals surface area (Å²) in [4.78, 5) is 0. The zero-order chi connectivity index (χ0) is 17.4. The van der Waals surface area contributed by atoms with Gasteiger partial charge in [0.25, 0.3) is 0 Å². The molecule has 0 aliphatic heterocycles. The minimum atomic E-state index is -1.28. The third-order valence-corrected chi connectivity index (χ3v) is 3.96. The molecule has 0 aliphatic rings. The number of rotatable bonds is 10. The number of tetrazole rings is 1. The van der Waals surface area contributed by atoms with E-state index in [4.69, 9.17) is 15.8 Å². The van der Waals surface area contributed by atoms with E-state index in [1.165, 1.54) is 0 Å². The van der Waals surface area contributed by atoms with E-state index < -0.39 is 7.12 Å². The van der Waals surface area contributed by atoms with Crippen LogP contribution in [0.2, 0.25) is 6.32 Å². The molecule has 0 saturated heterocycles. The first-order valence-electron chi connectivity index (χ1n) is 8.18. The van der Waals surface area contributed by atoms with Gasteiger partial charge in [0, 0.05) is 6.61 Å². The second-order valence-electron chi connectivity index (χ2n) is 5.79. The van der Waals surface area contributed by atoms with Crippen LogP contribution in [0.3, 0.4) is 0 Å². The van der Waals surface area contributed by atoms with Crippen LogP contribution < -0.4 is 5.73 Å². The number of aliphatic hydroxyl groups is 1. The van der Waals surface area contributed by atoms with Gasteiger partial charge in [0.05, 0.1) is 12.1 Å². The highest BCUT2D eigenvalue weighted by Crippen LogP contribution is 2.25. The minimum Gasteiger partial charge on any atom is -0.427 e. The molecule has 9 heteroatoms. The fraction of sp³-hybridized carbons (Fsp3) is 0.533. The fourth-order valence-electron chi connectivity index (χ4n) is 2.71. The Balaban J connectivity index is 2.09. The predicted molar refractivity (Wildman–Crippen MR) is 89.9 cm³/mol. The maximum Gasteiger partial charge on any atom is 0.451 e. The van der Waals surface area contributed by atoms with Crippen LogP contribution in [-0.4, -0.2) is 49.1 Å². The van der Waals surface area contributed by atoms with Gasteiger partial charge in [-0.1, -0.05) is 43.2 Å². The lowest BCUT2D eigenvalue weighted by Gasteiger charge is -2.20. The summed E-state index contributed by atoms with van der Waals surface area (Å²) in [6.07, 6.45) is 2.89. The van der Waals surface area contributed by atoms with E-state index in [2.05, 4.69) is 15.5 Å². The third-order valence-electron chi connectivity index (χ3n) is 3.96. The maximum atomic E-state index is 9.39. The van der Waals surface area contributed by atoms with Gasteiger partial charge in [-0.25, -0.2) is 4.68 Å².